The number of aliphatic hydroxyl groups is 1. The standard InChI is InChI=1S/C19H28O2/c1-2-19-10-9-15-14-6-4-13(20)11-12(14)3-5-16(15)17(19)7-8-18(19)21/h15-18,21H,2-11H2,1H3/t15-,16-,17+,18?,19+/m1/s1. The normalized spacial score (nSPS) is 46.1. The summed E-state index contributed by atoms with van der Waals surface area (Å²) in [6, 6.07) is 0. The van der Waals surface area contributed by atoms with Crippen molar-refractivity contribution < 1.29 is 9.90 Å². The van der Waals surface area contributed by atoms with Crippen LogP contribution in [-0.2, 0) is 4.79 Å². The van der Waals surface area contributed by atoms with Gasteiger partial charge in [-0.25, -0.2) is 0 Å². The summed E-state index contributed by atoms with van der Waals surface area (Å²) >= 11 is 0. The van der Waals surface area contributed by atoms with E-state index in [0.717, 1.165) is 56.3 Å². The summed E-state index contributed by atoms with van der Waals surface area (Å²) in [5.41, 5.74) is 3.41. The minimum Gasteiger partial charge on any atom is -0.393 e. The van der Waals surface area contributed by atoms with Crippen LogP contribution < -0.4 is 0 Å². The van der Waals surface area contributed by atoms with Crippen LogP contribution in [-0.4, -0.2) is 17.0 Å². The van der Waals surface area contributed by atoms with Gasteiger partial charge in [0.2, 0.25) is 0 Å². The lowest BCUT2D eigenvalue weighted by molar-refractivity contribution is -0.119. The molecule has 2 nitrogen and oxygen atoms in total. The molecule has 0 aromatic heterocycles. The number of Topliss-reactive ketones (excluding diaryl/α,β-unsaturated/α-hetero) is 1. The van der Waals surface area contributed by atoms with E-state index in [0.29, 0.717) is 5.78 Å². The lowest BCUT2D eigenvalue weighted by Gasteiger charge is -2.52. The van der Waals surface area contributed by atoms with Gasteiger partial charge >= 0.3 is 0 Å². The van der Waals surface area contributed by atoms with E-state index in [2.05, 4.69) is 6.92 Å². The van der Waals surface area contributed by atoms with Gasteiger partial charge in [-0.15, -0.1) is 0 Å². The Kier molecular flexibility index (Phi) is 3.29. The summed E-state index contributed by atoms with van der Waals surface area (Å²) in [6.45, 7) is 2.29. The fraction of sp³-hybridized carbons (Fsp3) is 0.842. The molecule has 0 radical (unpaired) electrons. The molecule has 5 atom stereocenters. The first-order valence-electron chi connectivity index (χ1n) is 9.06. The van der Waals surface area contributed by atoms with Crippen molar-refractivity contribution >= 4 is 5.78 Å². The summed E-state index contributed by atoms with van der Waals surface area (Å²) in [5, 5.41) is 10.6. The zero-order valence-electron chi connectivity index (χ0n) is 13.2. The molecular weight excluding hydrogens is 260 g/mol. The zero-order chi connectivity index (χ0) is 14.6. The molecule has 4 rings (SSSR count). The molecule has 2 saturated carbocycles. The van der Waals surface area contributed by atoms with Crippen molar-refractivity contribution in [2.24, 2.45) is 23.2 Å². The second-order valence-electron chi connectivity index (χ2n) is 7.98. The molecule has 0 saturated heterocycles. The van der Waals surface area contributed by atoms with Crippen LogP contribution in [0.25, 0.3) is 0 Å². The summed E-state index contributed by atoms with van der Waals surface area (Å²) in [7, 11) is 0. The number of hydrogen-bond acceptors (Lipinski definition) is 2. The predicted octanol–water partition coefficient (Wildman–Crippen LogP) is 4.02. The molecule has 2 heteroatoms. The maximum atomic E-state index is 11.7. The number of carbonyl (C=O) groups excluding carboxylic acids is 1. The molecule has 0 aliphatic heterocycles. The van der Waals surface area contributed by atoms with Crippen LogP contribution in [0.4, 0.5) is 0 Å². The minimum atomic E-state index is -0.0586. The van der Waals surface area contributed by atoms with E-state index in [1.165, 1.54) is 31.3 Å². The number of allylic oxidation sites excluding steroid dienone is 2. The maximum absolute atomic E-state index is 11.7. The first-order valence-corrected chi connectivity index (χ1v) is 9.06. The van der Waals surface area contributed by atoms with E-state index in [1.807, 2.05) is 0 Å². The van der Waals surface area contributed by atoms with Crippen molar-refractivity contribution in [2.45, 2.75) is 77.2 Å². The number of fused-ring (bicyclic) bond motifs is 4. The molecule has 0 aromatic rings. The number of hydrogen-bond donors (Lipinski definition) is 1. The van der Waals surface area contributed by atoms with Crippen molar-refractivity contribution in [3.05, 3.63) is 11.1 Å². The molecule has 0 heterocycles. The SMILES string of the molecule is CC[C@]12CC[C@@H]3C4=C(CC[C@H]3[C@@H]1CCC2O)CC(=O)CC4. The largest absolute Gasteiger partial charge is 0.393 e. The monoisotopic (exact) mass is 288 g/mol. The summed E-state index contributed by atoms with van der Waals surface area (Å²) in [6.07, 6.45) is 10.8. The van der Waals surface area contributed by atoms with Gasteiger partial charge in [-0.05, 0) is 74.5 Å². The third kappa shape index (κ3) is 1.91. The third-order valence-corrected chi connectivity index (χ3v) is 7.53. The van der Waals surface area contributed by atoms with Gasteiger partial charge in [0.1, 0.15) is 5.78 Å². The van der Waals surface area contributed by atoms with Gasteiger partial charge in [0.25, 0.3) is 0 Å². The molecule has 4 aliphatic rings. The van der Waals surface area contributed by atoms with E-state index in [9.17, 15) is 9.90 Å². The number of aliphatic hydroxyl groups excluding tert-OH is 1. The Morgan fingerprint density at radius 3 is 2.81 bits per heavy atom. The van der Waals surface area contributed by atoms with E-state index >= 15 is 0 Å². The van der Waals surface area contributed by atoms with E-state index in [1.54, 1.807) is 5.57 Å². The molecule has 2 fully saturated rings. The first-order chi connectivity index (χ1) is 10.2. The molecule has 116 valence electrons. The fourth-order valence-corrected chi connectivity index (χ4v) is 6.51. The Morgan fingerprint density at radius 2 is 2.00 bits per heavy atom. The van der Waals surface area contributed by atoms with E-state index in [-0.39, 0.29) is 11.5 Å². The number of rotatable bonds is 1. The average Bonchev–Trinajstić information content (AvgIpc) is 2.84. The summed E-state index contributed by atoms with van der Waals surface area (Å²) in [5.74, 6) is 2.74. The topological polar surface area (TPSA) is 37.3 Å². The molecule has 0 amide bonds. The van der Waals surface area contributed by atoms with Crippen molar-refractivity contribution in [3.63, 3.8) is 0 Å². The van der Waals surface area contributed by atoms with Crippen LogP contribution in [0.2, 0.25) is 0 Å². The van der Waals surface area contributed by atoms with Gasteiger partial charge in [-0.2, -0.15) is 0 Å². The highest BCUT2D eigenvalue weighted by Gasteiger charge is 2.56. The Morgan fingerprint density at radius 1 is 1.14 bits per heavy atom. The lowest BCUT2D eigenvalue weighted by Crippen LogP contribution is -2.46. The second kappa shape index (κ2) is 4.94. The Labute approximate surface area is 128 Å². The lowest BCUT2D eigenvalue weighted by atomic mass is 9.53. The zero-order valence-corrected chi connectivity index (χ0v) is 13.2. The molecule has 0 spiro atoms. The van der Waals surface area contributed by atoms with Gasteiger partial charge in [0, 0.05) is 12.8 Å². The highest BCUT2D eigenvalue weighted by atomic mass is 16.3. The predicted molar refractivity (Wildman–Crippen MR) is 82.8 cm³/mol. The first kappa shape index (κ1) is 14.0. The quantitative estimate of drug-likeness (QED) is 0.740. The Hall–Kier alpha value is -0.630. The Bertz CT molecular complexity index is 492. The second-order valence-corrected chi connectivity index (χ2v) is 7.98. The van der Waals surface area contributed by atoms with Crippen molar-refractivity contribution in [2.75, 3.05) is 0 Å². The van der Waals surface area contributed by atoms with E-state index in [4.69, 9.17) is 0 Å². The summed E-state index contributed by atoms with van der Waals surface area (Å²) in [4.78, 5) is 11.7. The van der Waals surface area contributed by atoms with Crippen LogP contribution in [0.3, 0.4) is 0 Å². The highest BCUT2D eigenvalue weighted by molar-refractivity contribution is 5.82. The average molecular weight is 288 g/mol. The highest BCUT2D eigenvalue weighted by Crippen LogP contribution is 2.62. The molecule has 0 aromatic carbocycles. The van der Waals surface area contributed by atoms with Crippen LogP contribution >= 0.6 is 0 Å². The molecule has 1 N–H and O–H groups in total. The van der Waals surface area contributed by atoms with Crippen LogP contribution in [0.5, 0.6) is 0 Å². The van der Waals surface area contributed by atoms with Crippen LogP contribution in [0.15, 0.2) is 11.1 Å². The number of carbonyl (C=O) groups is 1. The summed E-state index contributed by atoms with van der Waals surface area (Å²) < 4.78 is 0. The molecule has 0 bridgehead atoms. The maximum Gasteiger partial charge on any atom is 0.137 e. The molecular formula is C19H28O2. The minimum absolute atomic E-state index is 0.0586. The molecule has 1 unspecified atom stereocenters. The fourth-order valence-electron chi connectivity index (χ4n) is 6.51. The van der Waals surface area contributed by atoms with Gasteiger partial charge < -0.3 is 5.11 Å². The Balaban J connectivity index is 1.66. The van der Waals surface area contributed by atoms with Gasteiger partial charge in [0.05, 0.1) is 6.10 Å². The smallest absolute Gasteiger partial charge is 0.137 e. The van der Waals surface area contributed by atoms with Crippen molar-refractivity contribution in [3.8, 4) is 0 Å². The third-order valence-electron chi connectivity index (χ3n) is 7.53. The van der Waals surface area contributed by atoms with E-state index < -0.39 is 0 Å². The molecule has 4 aliphatic carbocycles. The number of ketones is 1. The van der Waals surface area contributed by atoms with Crippen molar-refractivity contribution in [1.29, 1.82) is 0 Å². The van der Waals surface area contributed by atoms with Crippen molar-refractivity contribution in [1.82, 2.24) is 0 Å². The van der Waals surface area contributed by atoms with Crippen LogP contribution in [0.1, 0.15) is 71.1 Å². The van der Waals surface area contributed by atoms with Gasteiger partial charge in [0.15, 0.2) is 0 Å². The van der Waals surface area contributed by atoms with Gasteiger partial charge in [-0.1, -0.05) is 18.1 Å². The van der Waals surface area contributed by atoms with Crippen LogP contribution in [0, 0.1) is 23.2 Å². The van der Waals surface area contributed by atoms with Gasteiger partial charge in [-0.3, -0.25) is 4.79 Å². The molecule has 21 heavy (non-hydrogen) atoms.